The number of anilines is 3. The first-order chi connectivity index (χ1) is 38.9. The molecule has 4 heteroatoms. The van der Waals surface area contributed by atoms with Gasteiger partial charge in [0.1, 0.15) is 11.2 Å². The average Bonchev–Trinajstić information content (AvgIpc) is 3.99. The van der Waals surface area contributed by atoms with E-state index in [4.69, 9.17) is 4.42 Å². The van der Waals surface area contributed by atoms with Crippen LogP contribution >= 0.6 is 0 Å². The third kappa shape index (κ3) is 7.01. The number of rotatable bonds is 8. The highest BCUT2D eigenvalue weighted by atomic mass is 16.3. The van der Waals surface area contributed by atoms with Crippen molar-refractivity contribution in [2.45, 2.75) is 19.3 Å². The van der Waals surface area contributed by atoms with Gasteiger partial charge in [0.15, 0.2) is 0 Å². The molecule has 79 heavy (non-hydrogen) atoms. The Balaban J connectivity index is 0.771. The summed E-state index contributed by atoms with van der Waals surface area (Å²) >= 11 is 0. The van der Waals surface area contributed by atoms with E-state index in [2.05, 4.69) is 289 Å². The van der Waals surface area contributed by atoms with Gasteiger partial charge in [-0.25, -0.2) is 0 Å². The summed E-state index contributed by atoms with van der Waals surface area (Å²) in [6.45, 7) is 4.82. The Kier molecular flexibility index (Phi) is 9.95. The Labute approximate surface area is 457 Å². The van der Waals surface area contributed by atoms with Crippen molar-refractivity contribution >= 4 is 82.6 Å². The molecule has 1 aliphatic carbocycles. The van der Waals surface area contributed by atoms with Crippen LogP contribution in [0.3, 0.4) is 0 Å². The minimum atomic E-state index is -0.231. The van der Waals surface area contributed by atoms with Crippen molar-refractivity contribution in [2.75, 3.05) is 4.90 Å². The van der Waals surface area contributed by atoms with E-state index >= 15 is 0 Å². The van der Waals surface area contributed by atoms with E-state index in [-0.39, 0.29) is 5.41 Å². The maximum atomic E-state index is 6.19. The molecular weight excluding hydrogens is 959 g/mol. The third-order valence-corrected chi connectivity index (χ3v) is 16.9. The molecular formula is C75H51N3O. The predicted octanol–water partition coefficient (Wildman–Crippen LogP) is 20.6. The highest BCUT2D eigenvalue weighted by molar-refractivity contribution is 6.15. The number of benzene rings is 12. The standard InChI is InChI=1S/C75H51N3O/c1-75(2)66-46-52(31-40-59(66)63-42-43-69-73(74(63)75)64-21-10-13-23-68(64)77(69)54-15-5-3-6-16-54)49-27-36-57(37-28-49)76(56-34-25-48(26-35-56)51-33-44-72-65(45-51)62-20-11-14-24-71(62)79-72)58-38-29-50(30-39-58)53-32-41-61-60-19-9-12-22-67(60)78(70(61)47-53)55-17-7-4-8-18-55/h3-47H,1-2H3. The summed E-state index contributed by atoms with van der Waals surface area (Å²) in [5.74, 6) is 0. The van der Waals surface area contributed by atoms with Crippen LogP contribution in [0.5, 0.6) is 0 Å². The molecule has 0 aliphatic heterocycles. The van der Waals surface area contributed by atoms with Gasteiger partial charge >= 0.3 is 0 Å². The zero-order valence-corrected chi connectivity index (χ0v) is 43.7. The molecule has 0 N–H and O–H groups in total. The number of hydrogen-bond acceptors (Lipinski definition) is 2. The quantitative estimate of drug-likeness (QED) is 0.152. The zero-order chi connectivity index (χ0) is 52.3. The molecule has 0 saturated carbocycles. The van der Waals surface area contributed by atoms with Gasteiger partial charge in [-0.05, 0) is 165 Å². The van der Waals surface area contributed by atoms with Crippen molar-refractivity contribution in [1.82, 2.24) is 9.13 Å². The number of fused-ring (bicyclic) bond motifs is 13. The van der Waals surface area contributed by atoms with Gasteiger partial charge in [0.25, 0.3) is 0 Å². The third-order valence-electron chi connectivity index (χ3n) is 16.9. The molecule has 4 nitrogen and oxygen atoms in total. The Morgan fingerprint density at radius 2 is 0.772 bits per heavy atom. The monoisotopic (exact) mass is 1010 g/mol. The molecule has 3 aromatic heterocycles. The van der Waals surface area contributed by atoms with E-state index in [9.17, 15) is 0 Å². The largest absolute Gasteiger partial charge is 0.456 e. The number of nitrogens with zero attached hydrogens (tertiary/aromatic N) is 3. The molecule has 3 heterocycles. The zero-order valence-electron chi connectivity index (χ0n) is 43.7. The van der Waals surface area contributed by atoms with Crippen LogP contribution in [0.4, 0.5) is 17.1 Å². The molecule has 0 spiro atoms. The number of furan rings is 1. The lowest BCUT2D eigenvalue weighted by atomic mass is 9.80. The van der Waals surface area contributed by atoms with Gasteiger partial charge in [-0.3, -0.25) is 0 Å². The first-order valence-corrected chi connectivity index (χ1v) is 27.3. The SMILES string of the molecule is CC1(C)c2cc(-c3ccc(N(c4ccc(-c5ccc6oc7ccccc7c6c5)cc4)c4ccc(-c5ccc6c7ccccc7n(-c7ccccc7)c6c5)cc4)cc3)ccc2-c2ccc3c(c21)c1ccccc1n3-c1ccccc1. The summed E-state index contributed by atoms with van der Waals surface area (Å²) in [5, 5.41) is 7.38. The van der Waals surface area contributed by atoms with Gasteiger partial charge in [0, 0.05) is 66.2 Å². The van der Waals surface area contributed by atoms with Crippen molar-refractivity contribution in [3.63, 3.8) is 0 Å². The van der Waals surface area contributed by atoms with Gasteiger partial charge in [-0.2, -0.15) is 0 Å². The van der Waals surface area contributed by atoms with E-state index in [1.165, 1.54) is 88.2 Å². The van der Waals surface area contributed by atoms with Crippen molar-refractivity contribution in [3.05, 3.63) is 284 Å². The van der Waals surface area contributed by atoms with Gasteiger partial charge in [0.2, 0.25) is 0 Å². The van der Waals surface area contributed by atoms with Crippen molar-refractivity contribution in [1.29, 1.82) is 0 Å². The van der Waals surface area contributed by atoms with Crippen LogP contribution in [0.1, 0.15) is 25.0 Å². The van der Waals surface area contributed by atoms with Crippen LogP contribution in [0, 0.1) is 0 Å². The summed E-state index contributed by atoms with van der Waals surface area (Å²) in [5.41, 5.74) is 24.4. The van der Waals surface area contributed by atoms with Crippen LogP contribution < -0.4 is 4.90 Å². The smallest absolute Gasteiger partial charge is 0.135 e. The fraction of sp³-hybridized carbons (Fsp3) is 0.0400. The second-order valence-corrected chi connectivity index (χ2v) is 21.7. The summed E-state index contributed by atoms with van der Waals surface area (Å²) < 4.78 is 11.0. The fourth-order valence-electron chi connectivity index (χ4n) is 13.2. The molecule has 1 aliphatic rings. The highest BCUT2D eigenvalue weighted by Gasteiger charge is 2.38. The lowest BCUT2D eigenvalue weighted by Crippen LogP contribution is -2.15. The van der Waals surface area contributed by atoms with Gasteiger partial charge in [-0.1, -0.05) is 178 Å². The van der Waals surface area contributed by atoms with Crippen LogP contribution in [0.2, 0.25) is 0 Å². The normalized spacial score (nSPS) is 12.8. The fourth-order valence-corrected chi connectivity index (χ4v) is 13.2. The van der Waals surface area contributed by atoms with E-state index in [0.29, 0.717) is 0 Å². The molecule has 0 bridgehead atoms. The topological polar surface area (TPSA) is 26.2 Å². The summed E-state index contributed by atoms with van der Waals surface area (Å²) in [6.07, 6.45) is 0. The molecule has 0 saturated heterocycles. The van der Waals surface area contributed by atoms with Gasteiger partial charge in [-0.15, -0.1) is 0 Å². The van der Waals surface area contributed by atoms with Crippen LogP contribution in [-0.4, -0.2) is 9.13 Å². The number of para-hydroxylation sites is 5. The van der Waals surface area contributed by atoms with Crippen LogP contribution in [0.15, 0.2) is 277 Å². The van der Waals surface area contributed by atoms with Crippen molar-refractivity contribution in [3.8, 4) is 55.9 Å². The first-order valence-electron chi connectivity index (χ1n) is 27.3. The maximum absolute atomic E-state index is 6.19. The number of aromatic nitrogens is 2. The Morgan fingerprint density at radius 3 is 1.42 bits per heavy atom. The second-order valence-electron chi connectivity index (χ2n) is 21.7. The van der Waals surface area contributed by atoms with Crippen LogP contribution in [-0.2, 0) is 5.41 Å². The summed E-state index contributed by atoms with van der Waals surface area (Å²) in [7, 11) is 0. The Morgan fingerprint density at radius 1 is 0.316 bits per heavy atom. The Bertz CT molecular complexity index is 4890. The lowest BCUT2D eigenvalue weighted by molar-refractivity contribution is 0.667. The van der Waals surface area contributed by atoms with E-state index in [1.807, 2.05) is 12.1 Å². The van der Waals surface area contributed by atoms with Crippen molar-refractivity contribution in [2.24, 2.45) is 0 Å². The molecule has 372 valence electrons. The summed E-state index contributed by atoms with van der Waals surface area (Å²) in [4.78, 5) is 2.38. The molecule has 0 amide bonds. The minimum Gasteiger partial charge on any atom is -0.456 e. The first kappa shape index (κ1) is 45.1. The molecule has 0 atom stereocenters. The summed E-state index contributed by atoms with van der Waals surface area (Å²) in [6, 6.07) is 99.7. The average molecular weight is 1010 g/mol. The lowest BCUT2D eigenvalue weighted by Gasteiger charge is -2.26. The molecule has 12 aromatic carbocycles. The molecule has 0 fully saturated rings. The van der Waals surface area contributed by atoms with Crippen molar-refractivity contribution < 1.29 is 4.42 Å². The van der Waals surface area contributed by atoms with E-state index in [0.717, 1.165) is 61.4 Å². The molecule has 16 rings (SSSR count). The van der Waals surface area contributed by atoms with Crippen LogP contribution in [0.25, 0.3) is 121 Å². The second kappa shape index (κ2) is 17.4. The van der Waals surface area contributed by atoms with Gasteiger partial charge < -0.3 is 18.5 Å². The van der Waals surface area contributed by atoms with E-state index in [1.54, 1.807) is 0 Å². The predicted molar refractivity (Wildman–Crippen MR) is 331 cm³/mol. The maximum Gasteiger partial charge on any atom is 0.135 e. The highest BCUT2D eigenvalue weighted by Crippen LogP contribution is 2.54. The number of hydrogen-bond donors (Lipinski definition) is 0. The Hall–Kier alpha value is -10.2. The molecule has 0 unspecified atom stereocenters. The molecule has 15 aromatic rings. The van der Waals surface area contributed by atoms with Gasteiger partial charge in [0.05, 0.1) is 22.1 Å². The molecule has 0 radical (unpaired) electrons. The van der Waals surface area contributed by atoms with E-state index < -0.39 is 0 Å². The minimum absolute atomic E-state index is 0.231.